The number of nitrogens with zero attached hydrogens (tertiary/aromatic N) is 1. The van der Waals surface area contributed by atoms with Gasteiger partial charge >= 0.3 is 11.7 Å². The number of aliphatic hydroxyl groups excluding tert-OH is 1. The van der Waals surface area contributed by atoms with Crippen LogP contribution in [0.3, 0.4) is 0 Å². The van der Waals surface area contributed by atoms with E-state index in [1.54, 1.807) is 6.92 Å². The van der Waals surface area contributed by atoms with E-state index in [-0.39, 0.29) is 12.0 Å². The summed E-state index contributed by atoms with van der Waals surface area (Å²) in [4.78, 5) is 20.5. The molecular formula is C12H15FN2O5. The van der Waals surface area contributed by atoms with Gasteiger partial charge in [-0.05, 0) is 18.2 Å². The number of rotatable bonds is 7. The zero-order valence-corrected chi connectivity index (χ0v) is 10.7. The van der Waals surface area contributed by atoms with Gasteiger partial charge in [-0.15, -0.1) is 0 Å². The van der Waals surface area contributed by atoms with Crippen molar-refractivity contribution in [3.8, 4) is 0 Å². The number of nitro benzene ring substituents is 1. The van der Waals surface area contributed by atoms with Crippen LogP contribution in [0.4, 0.5) is 10.1 Å². The molecule has 0 radical (unpaired) electrons. The molecule has 0 saturated heterocycles. The molecule has 0 aliphatic heterocycles. The topological polar surface area (TPSA) is 113 Å². The minimum absolute atomic E-state index is 0.0882. The number of carboxylic acid groups (broad SMARTS) is 1. The number of likely N-dealkylation sites (N-methyl/N-ethyl adjacent to an activating group) is 1. The fourth-order valence-electron chi connectivity index (χ4n) is 1.83. The number of hydrogen-bond acceptors (Lipinski definition) is 5. The number of halogens is 1. The van der Waals surface area contributed by atoms with Crippen molar-refractivity contribution < 1.29 is 24.3 Å². The average Bonchev–Trinajstić information content (AvgIpc) is 2.37. The summed E-state index contributed by atoms with van der Waals surface area (Å²) in [7, 11) is 0. The molecule has 2 unspecified atom stereocenters. The highest BCUT2D eigenvalue weighted by Crippen LogP contribution is 2.25. The van der Waals surface area contributed by atoms with Gasteiger partial charge in [0, 0.05) is 12.1 Å². The maximum Gasteiger partial charge on any atom is 0.305 e. The molecule has 1 aromatic rings. The Morgan fingerprint density at radius 1 is 1.55 bits per heavy atom. The third-order valence-corrected chi connectivity index (χ3v) is 2.75. The largest absolute Gasteiger partial charge is 0.481 e. The van der Waals surface area contributed by atoms with Gasteiger partial charge in [0.2, 0.25) is 5.82 Å². The van der Waals surface area contributed by atoms with E-state index in [9.17, 15) is 24.4 Å². The minimum atomic E-state index is -1.29. The molecule has 110 valence electrons. The number of benzene rings is 1. The molecule has 2 atom stereocenters. The van der Waals surface area contributed by atoms with E-state index < -0.39 is 34.5 Å². The smallest absolute Gasteiger partial charge is 0.305 e. The van der Waals surface area contributed by atoms with Gasteiger partial charge in [-0.1, -0.05) is 13.0 Å². The first-order chi connectivity index (χ1) is 9.36. The molecule has 7 nitrogen and oxygen atoms in total. The predicted molar refractivity (Wildman–Crippen MR) is 67.7 cm³/mol. The van der Waals surface area contributed by atoms with Gasteiger partial charge in [0.15, 0.2) is 0 Å². The standard InChI is InChI=1S/C12H15FN2O5/c1-2-14-9(6-11(16)17)12(18)7-3-4-8(13)10(5-7)15(19)20/h3-5,9,12,14,18H,2,6H2,1H3,(H,16,17). The minimum Gasteiger partial charge on any atom is -0.481 e. The predicted octanol–water partition coefficient (Wildman–Crippen LogP) is 1.22. The molecule has 0 aliphatic carbocycles. The van der Waals surface area contributed by atoms with E-state index >= 15 is 0 Å². The number of carboxylic acids is 1. The lowest BCUT2D eigenvalue weighted by molar-refractivity contribution is -0.387. The monoisotopic (exact) mass is 286 g/mol. The molecule has 0 amide bonds. The van der Waals surface area contributed by atoms with E-state index in [2.05, 4.69) is 5.32 Å². The van der Waals surface area contributed by atoms with Crippen molar-refractivity contribution >= 4 is 11.7 Å². The highest BCUT2D eigenvalue weighted by atomic mass is 19.1. The summed E-state index contributed by atoms with van der Waals surface area (Å²) < 4.78 is 13.2. The lowest BCUT2D eigenvalue weighted by Crippen LogP contribution is -2.36. The summed E-state index contributed by atoms with van der Waals surface area (Å²) >= 11 is 0. The van der Waals surface area contributed by atoms with Crippen molar-refractivity contribution in [1.29, 1.82) is 0 Å². The summed E-state index contributed by atoms with van der Waals surface area (Å²) in [5.74, 6) is -2.13. The van der Waals surface area contributed by atoms with Crippen molar-refractivity contribution in [2.75, 3.05) is 6.54 Å². The molecule has 8 heteroatoms. The van der Waals surface area contributed by atoms with Gasteiger partial charge in [-0.25, -0.2) is 0 Å². The molecule has 0 saturated carbocycles. The molecule has 0 aliphatic rings. The van der Waals surface area contributed by atoms with Gasteiger partial charge < -0.3 is 15.5 Å². The van der Waals surface area contributed by atoms with Crippen molar-refractivity contribution in [1.82, 2.24) is 5.32 Å². The van der Waals surface area contributed by atoms with E-state index in [4.69, 9.17) is 5.11 Å². The van der Waals surface area contributed by atoms with Gasteiger partial charge in [0.05, 0.1) is 17.4 Å². The number of hydrogen-bond donors (Lipinski definition) is 3. The fraction of sp³-hybridized carbons (Fsp3) is 0.417. The number of carbonyl (C=O) groups is 1. The summed E-state index contributed by atoms with van der Waals surface area (Å²) in [5.41, 5.74) is -0.669. The first-order valence-corrected chi connectivity index (χ1v) is 5.93. The maximum absolute atomic E-state index is 13.2. The highest BCUT2D eigenvalue weighted by Gasteiger charge is 2.25. The zero-order valence-electron chi connectivity index (χ0n) is 10.7. The Morgan fingerprint density at radius 2 is 2.20 bits per heavy atom. The SMILES string of the molecule is CCNC(CC(=O)O)C(O)c1ccc(F)c([N+](=O)[O-])c1. The molecule has 0 heterocycles. The normalized spacial score (nSPS) is 13.8. The molecule has 20 heavy (non-hydrogen) atoms. The summed E-state index contributed by atoms with van der Waals surface area (Å²) in [6.07, 6.45) is -1.65. The van der Waals surface area contributed by atoms with Gasteiger partial charge in [0.25, 0.3) is 0 Å². The quantitative estimate of drug-likeness (QED) is 0.513. The first-order valence-electron chi connectivity index (χ1n) is 5.93. The molecule has 0 aromatic heterocycles. The van der Waals surface area contributed by atoms with E-state index in [0.717, 1.165) is 12.1 Å². The second-order valence-electron chi connectivity index (χ2n) is 4.17. The van der Waals surface area contributed by atoms with Crippen LogP contribution in [0.2, 0.25) is 0 Å². The lowest BCUT2D eigenvalue weighted by Gasteiger charge is -2.22. The van der Waals surface area contributed by atoms with Crippen LogP contribution in [0.5, 0.6) is 0 Å². The van der Waals surface area contributed by atoms with E-state index in [0.29, 0.717) is 6.54 Å². The first kappa shape index (κ1) is 16.0. The van der Waals surface area contributed by atoms with E-state index in [1.807, 2.05) is 0 Å². The molecule has 0 spiro atoms. The van der Waals surface area contributed by atoms with Crippen LogP contribution in [-0.4, -0.2) is 33.7 Å². The van der Waals surface area contributed by atoms with Crippen molar-refractivity contribution in [3.63, 3.8) is 0 Å². The Morgan fingerprint density at radius 3 is 2.70 bits per heavy atom. The summed E-state index contributed by atoms with van der Waals surface area (Å²) in [6, 6.07) is 2.16. The second kappa shape index (κ2) is 6.92. The molecule has 3 N–H and O–H groups in total. The molecule has 0 bridgehead atoms. The average molecular weight is 286 g/mol. The number of nitro groups is 1. The number of aliphatic carboxylic acids is 1. The number of nitrogens with one attached hydrogen (secondary N) is 1. The van der Waals surface area contributed by atoms with Crippen LogP contribution in [0, 0.1) is 15.9 Å². The van der Waals surface area contributed by atoms with Crippen LogP contribution in [0.25, 0.3) is 0 Å². The van der Waals surface area contributed by atoms with Crippen molar-refractivity contribution in [3.05, 3.63) is 39.7 Å². The van der Waals surface area contributed by atoms with E-state index in [1.165, 1.54) is 6.07 Å². The van der Waals surface area contributed by atoms with Crippen LogP contribution in [-0.2, 0) is 4.79 Å². The fourth-order valence-corrected chi connectivity index (χ4v) is 1.83. The van der Waals surface area contributed by atoms with Gasteiger partial charge in [-0.3, -0.25) is 14.9 Å². The van der Waals surface area contributed by atoms with Gasteiger partial charge in [-0.2, -0.15) is 4.39 Å². The van der Waals surface area contributed by atoms with Gasteiger partial charge in [0.1, 0.15) is 0 Å². The van der Waals surface area contributed by atoms with Crippen LogP contribution >= 0.6 is 0 Å². The Hall–Kier alpha value is -2.06. The van der Waals surface area contributed by atoms with Crippen molar-refractivity contribution in [2.45, 2.75) is 25.5 Å². The number of aliphatic hydroxyl groups is 1. The summed E-state index contributed by atoms with van der Waals surface area (Å²) in [5, 5.41) is 32.3. The third kappa shape index (κ3) is 3.97. The lowest BCUT2D eigenvalue weighted by atomic mass is 9.99. The Kier molecular flexibility index (Phi) is 5.53. The highest BCUT2D eigenvalue weighted by molar-refractivity contribution is 5.67. The second-order valence-corrected chi connectivity index (χ2v) is 4.17. The Labute approximate surface area is 114 Å². The van der Waals surface area contributed by atoms with Crippen LogP contribution < -0.4 is 5.32 Å². The Bertz CT molecular complexity index is 509. The maximum atomic E-state index is 13.2. The summed E-state index contributed by atoms with van der Waals surface area (Å²) in [6.45, 7) is 2.15. The molecular weight excluding hydrogens is 271 g/mol. The zero-order chi connectivity index (χ0) is 15.3. The molecule has 1 aromatic carbocycles. The molecule has 0 fully saturated rings. The van der Waals surface area contributed by atoms with Crippen LogP contribution in [0.15, 0.2) is 18.2 Å². The van der Waals surface area contributed by atoms with Crippen molar-refractivity contribution in [2.24, 2.45) is 0 Å². The van der Waals surface area contributed by atoms with Crippen LogP contribution in [0.1, 0.15) is 25.0 Å². The third-order valence-electron chi connectivity index (χ3n) is 2.75. The Balaban J connectivity index is 3.04. The molecule has 1 rings (SSSR count).